The van der Waals surface area contributed by atoms with Crippen LogP contribution < -0.4 is 19.9 Å². The highest BCUT2D eigenvalue weighted by Crippen LogP contribution is 2.22. The molecule has 3 aromatic rings. The van der Waals surface area contributed by atoms with Gasteiger partial charge in [-0.2, -0.15) is 4.98 Å². The molecule has 32 heavy (non-hydrogen) atoms. The number of fused-ring (bicyclic) bond motifs is 1. The molecule has 2 aliphatic heterocycles. The first-order valence-corrected chi connectivity index (χ1v) is 11.0. The summed E-state index contributed by atoms with van der Waals surface area (Å²) < 4.78 is 5.82. The summed E-state index contributed by atoms with van der Waals surface area (Å²) in [4.78, 5) is 30.1. The Kier molecular flexibility index (Phi) is 5.77. The van der Waals surface area contributed by atoms with E-state index in [1.807, 2.05) is 36.4 Å². The Morgan fingerprint density at radius 2 is 1.81 bits per heavy atom. The van der Waals surface area contributed by atoms with Gasteiger partial charge in [-0.05, 0) is 29.8 Å². The van der Waals surface area contributed by atoms with Crippen LogP contribution in [0.3, 0.4) is 0 Å². The Morgan fingerprint density at radius 1 is 1.00 bits per heavy atom. The minimum absolute atomic E-state index is 0.0360. The van der Waals surface area contributed by atoms with Gasteiger partial charge in [0.15, 0.2) is 5.82 Å². The molecule has 1 amide bonds. The van der Waals surface area contributed by atoms with Gasteiger partial charge in [0, 0.05) is 44.2 Å². The molecule has 0 saturated carbocycles. The summed E-state index contributed by atoms with van der Waals surface area (Å²) in [6.07, 6.45) is 4.15. The molecule has 4 heterocycles. The number of amides is 1. The normalized spacial score (nSPS) is 15.8. The van der Waals surface area contributed by atoms with E-state index in [2.05, 4.69) is 25.1 Å². The van der Waals surface area contributed by atoms with E-state index in [-0.39, 0.29) is 5.91 Å². The maximum Gasteiger partial charge on any atom is 0.253 e. The summed E-state index contributed by atoms with van der Waals surface area (Å²) in [5.74, 6) is 2.16. The average Bonchev–Trinajstić information content (AvgIpc) is 2.83. The molecule has 0 unspecified atom stereocenters. The van der Waals surface area contributed by atoms with E-state index >= 15 is 0 Å². The summed E-state index contributed by atoms with van der Waals surface area (Å²) in [5, 5.41) is 3.54. The Labute approximate surface area is 191 Å². The largest absolute Gasteiger partial charge is 0.472 e. The second-order valence-corrected chi connectivity index (χ2v) is 8.21. The number of hydrogen-bond acceptors (Lipinski definition) is 7. The highest BCUT2D eigenvalue weighted by molar-refractivity contribution is 6.30. The average molecular weight is 451 g/mol. The van der Waals surface area contributed by atoms with Crippen LogP contribution in [0, 0.1) is 0 Å². The highest BCUT2D eigenvalue weighted by Gasteiger charge is 2.23. The summed E-state index contributed by atoms with van der Waals surface area (Å²) in [6, 6.07) is 11.4. The zero-order valence-corrected chi connectivity index (χ0v) is 18.3. The third-order valence-electron chi connectivity index (χ3n) is 5.65. The number of anilines is 2. The van der Waals surface area contributed by atoms with Crippen molar-refractivity contribution in [3.8, 4) is 5.88 Å². The first-order chi connectivity index (χ1) is 15.7. The number of nitrogens with one attached hydrogen (secondary N) is 1. The van der Waals surface area contributed by atoms with Crippen molar-refractivity contribution in [2.24, 2.45) is 0 Å². The molecule has 0 atom stereocenters. The summed E-state index contributed by atoms with van der Waals surface area (Å²) in [7, 11) is 0. The van der Waals surface area contributed by atoms with Gasteiger partial charge in [0.25, 0.3) is 5.91 Å². The molecule has 0 aliphatic carbocycles. The summed E-state index contributed by atoms with van der Waals surface area (Å²) in [6.45, 7) is 4.25. The van der Waals surface area contributed by atoms with Gasteiger partial charge >= 0.3 is 0 Å². The van der Waals surface area contributed by atoms with E-state index in [1.54, 1.807) is 12.4 Å². The molecule has 5 rings (SSSR count). The Morgan fingerprint density at radius 3 is 2.62 bits per heavy atom. The van der Waals surface area contributed by atoms with E-state index in [0.29, 0.717) is 29.6 Å². The zero-order valence-electron chi connectivity index (χ0n) is 17.5. The third-order valence-corrected chi connectivity index (χ3v) is 5.89. The lowest BCUT2D eigenvalue weighted by atomic mass is 10.1. The molecule has 8 nitrogen and oxygen atoms in total. The predicted molar refractivity (Wildman–Crippen MR) is 123 cm³/mol. The lowest BCUT2D eigenvalue weighted by molar-refractivity contribution is 0.0945. The van der Waals surface area contributed by atoms with Gasteiger partial charge in [-0.25, -0.2) is 4.98 Å². The van der Waals surface area contributed by atoms with Gasteiger partial charge in [0.05, 0.1) is 23.7 Å². The maximum absolute atomic E-state index is 11.9. The van der Waals surface area contributed by atoms with E-state index in [4.69, 9.17) is 21.3 Å². The number of piperazine rings is 1. The maximum atomic E-state index is 11.9. The van der Waals surface area contributed by atoms with Crippen LogP contribution in [-0.4, -0.2) is 53.6 Å². The molecule has 164 valence electrons. The number of hydrogen-bond donors (Lipinski definition) is 1. The molecule has 2 aliphatic rings. The first-order valence-electron chi connectivity index (χ1n) is 10.6. The third kappa shape index (κ3) is 4.45. The van der Waals surface area contributed by atoms with Crippen molar-refractivity contribution in [1.29, 1.82) is 0 Å². The van der Waals surface area contributed by atoms with Crippen molar-refractivity contribution in [3.63, 3.8) is 0 Å². The second-order valence-electron chi connectivity index (χ2n) is 7.78. The van der Waals surface area contributed by atoms with Gasteiger partial charge in [0.2, 0.25) is 5.88 Å². The summed E-state index contributed by atoms with van der Waals surface area (Å²) >= 11 is 6.03. The van der Waals surface area contributed by atoms with Crippen molar-refractivity contribution in [1.82, 2.24) is 20.3 Å². The standard InChI is InChI=1S/C23H23ClN6O2/c24-17-3-1-2-16(12-17)15-32-22-14-25-13-21(28-22)30-10-8-29(9-11-30)20-5-4-18-19(27-20)6-7-26-23(18)31/h1-5,12-14H,6-11,15H2,(H,26,31). The van der Waals surface area contributed by atoms with Crippen LogP contribution in [0.1, 0.15) is 21.6 Å². The molecule has 9 heteroatoms. The van der Waals surface area contributed by atoms with Crippen molar-refractivity contribution in [3.05, 3.63) is 70.6 Å². The van der Waals surface area contributed by atoms with Crippen LogP contribution >= 0.6 is 11.6 Å². The number of ether oxygens (including phenoxy) is 1. The molecule has 1 aromatic carbocycles. The van der Waals surface area contributed by atoms with Crippen molar-refractivity contribution in [2.45, 2.75) is 13.0 Å². The zero-order chi connectivity index (χ0) is 21.9. The number of nitrogens with zero attached hydrogens (tertiary/aromatic N) is 5. The van der Waals surface area contributed by atoms with Gasteiger partial charge in [0.1, 0.15) is 12.4 Å². The van der Waals surface area contributed by atoms with Crippen LogP contribution in [0.4, 0.5) is 11.6 Å². The molecule has 1 fully saturated rings. The molecule has 0 bridgehead atoms. The second kappa shape index (κ2) is 9.00. The van der Waals surface area contributed by atoms with E-state index in [9.17, 15) is 4.79 Å². The van der Waals surface area contributed by atoms with E-state index in [1.165, 1.54) is 0 Å². The number of rotatable bonds is 5. The Hall–Kier alpha value is -3.39. The number of aromatic nitrogens is 3. The highest BCUT2D eigenvalue weighted by atomic mass is 35.5. The SMILES string of the molecule is O=C1NCCc2nc(N3CCN(c4cncc(OCc5cccc(Cl)c5)n4)CC3)ccc21. The smallest absolute Gasteiger partial charge is 0.253 e. The Bertz CT molecular complexity index is 1130. The quantitative estimate of drug-likeness (QED) is 0.639. The van der Waals surface area contributed by atoms with Crippen LogP contribution in [0.15, 0.2) is 48.8 Å². The fraction of sp³-hybridized carbons (Fsp3) is 0.304. The number of carbonyl (C=O) groups excluding carboxylic acids is 1. The first kappa shape index (κ1) is 20.5. The van der Waals surface area contributed by atoms with Crippen LogP contribution in [0.25, 0.3) is 0 Å². The molecule has 0 radical (unpaired) electrons. The molecule has 2 aromatic heterocycles. The topological polar surface area (TPSA) is 83.5 Å². The van der Waals surface area contributed by atoms with Gasteiger partial charge < -0.3 is 19.9 Å². The van der Waals surface area contributed by atoms with Crippen LogP contribution in [-0.2, 0) is 13.0 Å². The van der Waals surface area contributed by atoms with E-state index < -0.39 is 0 Å². The monoisotopic (exact) mass is 450 g/mol. The van der Waals surface area contributed by atoms with E-state index in [0.717, 1.165) is 55.5 Å². The van der Waals surface area contributed by atoms with Crippen LogP contribution in [0.5, 0.6) is 5.88 Å². The van der Waals surface area contributed by atoms with Gasteiger partial charge in [-0.15, -0.1) is 0 Å². The van der Waals surface area contributed by atoms with Crippen molar-refractivity contribution >= 4 is 29.1 Å². The fourth-order valence-corrected chi connectivity index (χ4v) is 4.17. The molecule has 1 saturated heterocycles. The molecular formula is C23H23ClN6O2. The lowest BCUT2D eigenvalue weighted by Crippen LogP contribution is -2.47. The number of carbonyl (C=O) groups is 1. The van der Waals surface area contributed by atoms with Gasteiger partial charge in [-0.3, -0.25) is 9.78 Å². The molecule has 0 spiro atoms. The number of benzene rings is 1. The fourth-order valence-electron chi connectivity index (χ4n) is 3.96. The van der Waals surface area contributed by atoms with Crippen molar-refractivity contribution < 1.29 is 9.53 Å². The van der Waals surface area contributed by atoms with Crippen LogP contribution in [0.2, 0.25) is 5.02 Å². The predicted octanol–water partition coefficient (Wildman–Crippen LogP) is 2.72. The minimum Gasteiger partial charge on any atom is -0.472 e. The number of pyridine rings is 1. The van der Waals surface area contributed by atoms with Crippen molar-refractivity contribution in [2.75, 3.05) is 42.5 Å². The molecular weight excluding hydrogens is 428 g/mol. The number of halogens is 1. The Balaban J connectivity index is 1.21. The molecule has 1 N–H and O–H groups in total. The lowest BCUT2D eigenvalue weighted by Gasteiger charge is -2.36. The summed E-state index contributed by atoms with van der Waals surface area (Å²) in [5.41, 5.74) is 2.54. The minimum atomic E-state index is -0.0360. The van der Waals surface area contributed by atoms with Gasteiger partial charge in [-0.1, -0.05) is 23.7 Å².